The average molecular weight is 283 g/mol. The Hall–Kier alpha value is -2.13. The minimum absolute atomic E-state index is 0.0365. The number of carbonyl (C=O) groups is 1. The van der Waals surface area contributed by atoms with Crippen LogP contribution in [0.4, 0.5) is 0 Å². The van der Waals surface area contributed by atoms with E-state index in [1.807, 2.05) is 48.5 Å². The molecule has 0 aliphatic heterocycles. The van der Waals surface area contributed by atoms with Gasteiger partial charge >= 0.3 is 0 Å². The SMILES string of the molecule is CC(C)c1ccc(C(=O)NCc2ccc(CO)cc2)cc1. The molecular weight excluding hydrogens is 262 g/mol. The van der Waals surface area contributed by atoms with Gasteiger partial charge in [-0.3, -0.25) is 4.79 Å². The van der Waals surface area contributed by atoms with Crippen LogP contribution in [0.5, 0.6) is 0 Å². The Morgan fingerprint density at radius 1 is 1.00 bits per heavy atom. The van der Waals surface area contributed by atoms with Gasteiger partial charge in [-0.15, -0.1) is 0 Å². The van der Waals surface area contributed by atoms with Crippen LogP contribution in [0.25, 0.3) is 0 Å². The van der Waals surface area contributed by atoms with Crippen LogP contribution in [0, 0.1) is 0 Å². The van der Waals surface area contributed by atoms with E-state index in [4.69, 9.17) is 5.11 Å². The van der Waals surface area contributed by atoms with Crippen LogP contribution in [-0.2, 0) is 13.2 Å². The summed E-state index contributed by atoms with van der Waals surface area (Å²) in [5.74, 6) is 0.392. The molecule has 2 aromatic rings. The molecule has 2 N–H and O–H groups in total. The molecule has 21 heavy (non-hydrogen) atoms. The highest BCUT2D eigenvalue weighted by Gasteiger charge is 2.06. The number of amides is 1. The van der Waals surface area contributed by atoms with Crippen molar-refractivity contribution in [1.82, 2.24) is 5.32 Å². The smallest absolute Gasteiger partial charge is 0.251 e. The van der Waals surface area contributed by atoms with Crippen LogP contribution in [0.3, 0.4) is 0 Å². The zero-order chi connectivity index (χ0) is 15.2. The van der Waals surface area contributed by atoms with E-state index in [0.29, 0.717) is 18.0 Å². The molecule has 3 heteroatoms. The first-order valence-electron chi connectivity index (χ1n) is 7.17. The van der Waals surface area contributed by atoms with Crippen molar-refractivity contribution in [3.05, 3.63) is 70.8 Å². The standard InChI is InChI=1S/C18H21NO2/c1-13(2)16-7-9-17(10-8-16)18(21)19-11-14-3-5-15(12-20)6-4-14/h3-10,13,20H,11-12H2,1-2H3,(H,19,21). The second-order valence-electron chi connectivity index (χ2n) is 5.43. The van der Waals surface area contributed by atoms with Crippen LogP contribution >= 0.6 is 0 Å². The lowest BCUT2D eigenvalue weighted by molar-refractivity contribution is 0.0951. The van der Waals surface area contributed by atoms with Gasteiger partial charge in [0.2, 0.25) is 0 Å². The molecule has 0 saturated heterocycles. The van der Waals surface area contributed by atoms with E-state index in [2.05, 4.69) is 19.2 Å². The van der Waals surface area contributed by atoms with E-state index in [1.165, 1.54) is 5.56 Å². The van der Waals surface area contributed by atoms with Crippen molar-refractivity contribution in [3.8, 4) is 0 Å². The maximum atomic E-state index is 12.1. The Balaban J connectivity index is 1.94. The van der Waals surface area contributed by atoms with Crippen molar-refractivity contribution in [2.45, 2.75) is 32.9 Å². The van der Waals surface area contributed by atoms with Gasteiger partial charge in [-0.2, -0.15) is 0 Å². The molecule has 0 aliphatic carbocycles. The number of hydrogen-bond acceptors (Lipinski definition) is 2. The molecule has 0 heterocycles. The number of aliphatic hydroxyl groups is 1. The minimum atomic E-state index is -0.0726. The summed E-state index contributed by atoms with van der Waals surface area (Å²) in [6.45, 7) is 4.78. The molecule has 0 radical (unpaired) electrons. The molecule has 110 valence electrons. The van der Waals surface area contributed by atoms with E-state index in [1.54, 1.807) is 0 Å². The van der Waals surface area contributed by atoms with Crippen molar-refractivity contribution in [2.24, 2.45) is 0 Å². The average Bonchev–Trinajstić information content (AvgIpc) is 2.53. The summed E-state index contributed by atoms with van der Waals surface area (Å²) in [5, 5.41) is 11.9. The van der Waals surface area contributed by atoms with Gasteiger partial charge in [-0.05, 0) is 34.7 Å². The van der Waals surface area contributed by atoms with Crippen molar-refractivity contribution >= 4 is 5.91 Å². The quantitative estimate of drug-likeness (QED) is 0.885. The predicted octanol–water partition coefficient (Wildman–Crippen LogP) is 3.23. The van der Waals surface area contributed by atoms with Gasteiger partial charge in [0.05, 0.1) is 6.61 Å². The van der Waals surface area contributed by atoms with Crippen molar-refractivity contribution < 1.29 is 9.90 Å². The molecule has 0 saturated carbocycles. The number of carbonyl (C=O) groups excluding carboxylic acids is 1. The number of benzene rings is 2. The zero-order valence-electron chi connectivity index (χ0n) is 12.5. The predicted molar refractivity (Wildman–Crippen MR) is 84.1 cm³/mol. The number of nitrogens with one attached hydrogen (secondary N) is 1. The van der Waals surface area contributed by atoms with Crippen molar-refractivity contribution in [3.63, 3.8) is 0 Å². The van der Waals surface area contributed by atoms with Gasteiger partial charge < -0.3 is 10.4 Å². The maximum Gasteiger partial charge on any atom is 0.251 e. The molecule has 0 unspecified atom stereocenters. The third kappa shape index (κ3) is 4.17. The van der Waals surface area contributed by atoms with Crippen molar-refractivity contribution in [2.75, 3.05) is 0 Å². The van der Waals surface area contributed by atoms with Gasteiger partial charge in [0.25, 0.3) is 5.91 Å². The number of rotatable bonds is 5. The third-order valence-electron chi connectivity index (χ3n) is 3.50. The Morgan fingerprint density at radius 3 is 2.10 bits per heavy atom. The van der Waals surface area contributed by atoms with E-state index in [-0.39, 0.29) is 12.5 Å². The number of hydrogen-bond donors (Lipinski definition) is 2. The Labute approximate surface area is 125 Å². The molecule has 2 aromatic carbocycles. The monoisotopic (exact) mass is 283 g/mol. The highest BCUT2D eigenvalue weighted by Crippen LogP contribution is 2.14. The molecule has 0 spiro atoms. The zero-order valence-corrected chi connectivity index (χ0v) is 12.5. The molecule has 3 nitrogen and oxygen atoms in total. The molecule has 0 bridgehead atoms. The van der Waals surface area contributed by atoms with Gasteiger partial charge in [-0.25, -0.2) is 0 Å². The summed E-state index contributed by atoms with van der Waals surface area (Å²) in [5.41, 5.74) is 3.78. The third-order valence-corrected chi connectivity index (χ3v) is 3.50. The molecular formula is C18H21NO2. The number of aliphatic hydroxyl groups excluding tert-OH is 1. The lowest BCUT2D eigenvalue weighted by atomic mass is 10.0. The maximum absolute atomic E-state index is 12.1. The summed E-state index contributed by atoms with van der Waals surface area (Å²) in [4.78, 5) is 12.1. The Morgan fingerprint density at radius 2 is 1.57 bits per heavy atom. The highest BCUT2D eigenvalue weighted by atomic mass is 16.3. The topological polar surface area (TPSA) is 49.3 Å². The summed E-state index contributed by atoms with van der Waals surface area (Å²) >= 11 is 0. The van der Waals surface area contributed by atoms with Crippen LogP contribution in [0.1, 0.15) is 46.8 Å². The summed E-state index contributed by atoms with van der Waals surface area (Å²) < 4.78 is 0. The minimum Gasteiger partial charge on any atom is -0.392 e. The molecule has 1 amide bonds. The molecule has 0 aromatic heterocycles. The lowest BCUT2D eigenvalue weighted by Crippen LogP contribution is -2.22. The van der Waals surface area contributed by atoms with Gasteiger partial charge in [0.15, 0.2) is 0 Å². The fourth-order valence-corrected chi connectivity index (χ4v) is 2.07. The van der Waals surface area contributed by atoms with Gasteiger partial charge in [0, 0.05) is 12.1 Å². The lowest BCUT2D eigenvalue weighted by Gasteiger charge is -2.08. The fourth-order valence-electron chi connectivity index (χ4n) is 2.07. The van der Waals surface area contributed by atoms with Crippen LogP contribution in [0.2, 0.25) is 0 Å². The van der Waals surface area contributed by atoms with E-state index >= 15 is 0 Å². The van der Waals surface area contributed by atoms with E-state index in [0.717, 1.165) is 11.1 Å². The van der Waals surface area contributed by atoms with Crippen LogP contribution < -0.4 is 5.32 Å². The van der Waals surface area contributed by atoms with Gasteiger partial charge in [-0.1, -0.05) is 50.2 Å². The fraction of sp³-hybridized carbons (Fsp3) is 0.278. The molecule has 2 rings (SSSR count). The van der Waals surface area contributed by atoms with E-state index < -0.39 is 0 Å². The first kappa shape index (κ1) is 15.3. The first-order chi connectivity index (χ1) is 10.1. The van der Waals surface area contributed by atoms with Crippen LogP contribution in [-0.4, -0.2) is 11.0 Å². The van der Waals surface area contributed by atoms with Gasteiger partial charge in [0.1, 0.15) is 0 Å². The highest BCUT2D eigenvalue weighted by molar-refractivity contribution is 5.94. The van der Waals surface area contributed by atoms with E-state index in [9.17, 15) is 4.79 Å². The summed E-state index contributed by atoms with van der Waals surface area (Å²) in [6, 6.07) is 15.3. The second-order valence-corrected chi connectivity index (χ2v) is 5.43. The molecule has 0 fully saturated rings. The summed E-state index contributed by atoms with van der Waals surface area (Å²) in [6.07, 6.45) is 0. The Bertz CT molecular complexity index is 586. The largest absolute Gasteiger partial charge is 0.392 e. The molecule has 0 atom stereocenters. The Kier molecular flexibility index (Phi) is 5.12. The molecule has 0 aliphatic rings. The normalized spacial score (nSPS) is 10.7. The summed E-state index contributed by atoms with van der Waals surface area (Å²) in [7, 11) is 0. The second kappa shape index (κ2) is 7.04. The van der Waals surface area contributed by atoms with Crippen LogP contribution in [0.15, 0.2) is 48.5 Å². The first-order valence-corrected chi connectivity index (χ1v) is 7.17. The van der Waals surface area contributed by atoms with Crippen molar-refractivity contribution in [1.29, 1.82) is 0 Å².